The number of aliphatic hydroxyl groups is 2. The molecule has 5 amide bonds. The number of esters is 1. The topological polar surface area (TPSA) is 604 Å². The number of aliphatic hydroxyl groups excluding tert-OH is 2. The third kappa shape index (κ3) is 29.7. The number of fused-ring (bicyclic) bond motifs is 2. The summed E-state index contributed by atoms with van der Waals surface area (Å²) in [7, 11) is 4.06. The second-order valence-corrected chi connectivity index (χ2v) is 30.6. The van der Waals surface area contributed by atoms with E-state index < -0.39 is 157 Å². The fourth-order valence-corrected chi connectivity index (χ4v) is 14.3. The van der Waals surface area contributed by atoms with Crippen molar-refractivity contribution in [3.8, 4) is 0 Å². The van der Waals surface area contributed by atoms with Crippen LogP contribution in [0.3, 0.4) is 0 Å². The van der Waals surface area contributed by atoms with Gasteiger partial charge in [-0.25, -0.2) is 24.5 Å². The summed E-state index contributed by atoms with van der Waals surface area (Å²) in [6.45, 7) is 13.1. The molecule has 19 N–H and O–H groups in total. The number of aromatic nitrogens is 5. The number of carboxylic acids is 4. The fourth-order valence-electron chi connectivity index (χ4n) is 11.5. The number of hydrogen-bond acceptors (Lipinski definition) is 29. The number of aromatic amines is 1. The Kier molecular flexibility index (Phi) is 36.1. The maximum atomic E-state index is 13.4. The summed E-state index contributed by atoms with van der Waals surface area (Å²) in [5, 5.41) is 76.6. The number of guanidine groups is 1. The minimum atomic E-state index is -1.80. The van der Waals surface area contributed by atoms with Gasteiger partial charge in [0.05, 0.1) is 71.9 Å². The largest absolute Gasteiger partial charge is 0.508 e. The lowest BCUT2D eigenvalue weighted by atomic mass is 9.73. The van der Waals surface area contributed by atoms with Crippen LogP contribution in [0.5, 0.6) is 0 Å². The fraction of sp³-hybridized carbons (Fsp3) is 0.565. The van der Waals surface area contributed by atoms with Crippen molar-refractivity contribution in [2.45, 2.75) is 180 Å². The Morgan fingerprint density at radius 1 is 0.836 bits per heavy atom. The molecule has 2 saturated heterocycles. The number of likely N-dealkylation sites (N-methyl/N-ethyl adjacent to an activating group) is 1. The Labute approximate surface area is 644 Å². The first-order valence-corrected chi connectivity index (χ1v) is 38.5. The van der Waals surface area contributed by atoms with E-state index in [9.17, 15) is 87.9 Å². The molecule has 4 aromatic rings. The van der Waals surface area contributed by atoms with Crippen molar-refractivity contribution in [2.75, 3.05) is 55.9 Å². The highest BCUT2D eigenvalue weighted by Gasteiger charge is 2.49. The number of nitrogens with zero attached hydrogens (tertiary/aromatic N) is 6. The number of carbonyl (C=O) groups is 12. The number of benzene rings is 1. The maximum Gasteiger partial charge on any atom is 0.508 e. The number of H-pyrrole nitrogens is 1. The summed E-state index contributed by atoms with van der Waals surface area (Å²) >= 11 is 1.52. The number of nitrogens with one attached hydrogen (secondary N) is 7. The Hall–Kier alpha value is -10.1. The number of carbonyl (C=O) groups excluding carboxylic acids is 8. The van der Waals surface area contributed by atoms with E-state index in [0.29, 0.717) is 42.3 Å². The third-order valence-corrected chi connectivity index (χ3v) is 21.3. The summed E-state index contributed by atoms with van der Waals surface area (Å²) in [6, 6.07) is -0.476. The van der Waals surface area contributed by atoms with Crippen LogP contribution in [0.2, 0.25) is 0 Å². The second kappa shape index (κ2) is 43.9. The quantitative estimate of drug-likeness (QED) is 0.00778. The van der Waals surface area contributed by atoms with Gasteiger partial charge in [-0.3, -0.25) is 67.6 Å². The molecule has 1 aromatic carbocycles. The lowest BCUT2D eigenvalue weighted by molar-refractivity contribution is -0.155. The molecule has 6 rings (SSSR count). The van der Waals surface area contributed by atoms with E-state index in [0.717, 1.165) is 29.1 Å². The van der Waals surface area contributed by atoms with Gasteiger partial charge in [-0.05, 0) is 87.8 Å². The van der Waals surface area contributed by atoms with Crippen LogP contribution in [0.1, 0.15) is 139 Å². The van der Waals surface area contributed by atoms with E-state index in [1.54, 1.807) is 27.7 Å². The number of ether oxygens (including phenoxy) is 3. The number of amides is 5. The highest BCUT2D eigenvalue weighted by Crippen LogP contribution is 2.39. The summed E-state index contributed by atoms with van der Waals surface area (Å²) in [4.78, 5) is 187. The molecule has 110 heavy (non-hydrogen) atoms. The second-order valence-electron chi connectivity index (χ2n) is 26.9. The van der Waals surface area contributed by atoms with Gasteiger partial charge in [-0.15, -0.1) is 11.3 Å². The smallest absolute Gasteiger partial charge is 0.481 e. The van der Waals surface area contributed by atoms with Crippen molar-refractivity contribution in [1.29, 1.82) is 0 Å². The van der Waals surface area contributed by atoms with Gasteiger partial charge in [0.1, 0.15) is 49.3 Å². The molecule has 0 bridgehead atoms. The highest BCUT2D eigenvalue weighted by atomic mass is 33.1. The molecule has 41 heteroatoms. The van der Waals surface area contributed by atoms with Crippen LogP contribution in [0.25, 0.3) is 17.2 Å². The van der Waals surface area contributed by atoms with Crippen molar-refractivity contribution in [3.05, 3.63) is 73.7 Å². The summed E-state index contributed by atoms with van der Waals surface area (Å²) in [5.41, 5.74) is 16.9. The number of nitrogens with two attached hydrogens (primary N) is 3. The SMILES string of the molecule is C/C(=C\c1csc(C)n1)[C@@H]1C[C@H]2[C@@H](CCC[C@H](C)[C@H](O)[C@@H](C)C(=O)C(C)(C)[C@@H](O)CC(=O)O1)N2CCOC(=O)OCCSSCC(C)C(=O)O.CNC(=O)[C@H](CC(=O)O)NC(=O)[C@H](CCCN=C(N)N)NC(=O)[C@H](CC(=O)O)NC(=O)CC[C@H](NC(=O)c1ccc(NCc2cnc3nc(N)[nH]c(=O)c3n2)cc1)C(=O)O. The minimum Gasteiger partial charge on any atom is -0.481 e. The van der Waals surface area contributed by atoms with E-state index in [-0.39, 0.29) is 98.0 Å². The van der Waals surface area contributed by atoms with Gasteiger partial charge >= 0.3 is 36.0 Å². The molecule has 0 spiro atoms. The third-order valence-electron chi connectivity index (χ3n) is 18.0. The predicted octanol–water partition coefficient (Wildman–Crippen LogP) is 1.70. The molecular formula is C69H98N16O22S3. The number of carboxylic acid groups (broad SMARTS) is 4. The number of Topliss-reactive ketones (excluding diaryl/α,β-unsaturated/α-hetero) is 1. The number of hydrogen-bond donors (Lipinski definition) is 16. The lowest BCUT2D eigenvalue weighted by Gasteiger charge is -2.34. The number of aryl methyl sites for hydroxylation is 1. The van der Waals surface area contributed by atoms with Crippen LogP contribution < -0.4 is 54.7 Å². The zero-order valence-corrected chi connectivity index (χ0v) is 64.5. The van der Waals surface area contributed by atoms with Crippen molar-refractivity contribution in [3.63, 3.8) is 0 Å². The van der Waals surface area contributed by atoms with Crippen LogP contribution >= 0.6 is 32.9 Å². The first-order valence-electron chi connectivity index (χ1n) is 35.1. The maximum absolute atomic E-state index is 13.4. The van der Waals surface area contributed by atoms with Crippen molar-refractivity contribution in [1.82, 2.24) is 56.4 Å². The van der Waals surface area contributed by atoms with Crippen LogP contribution in [0.15, 0.2) is 51.2 Å². The average Bonchev–Trinajstić information content (AvgIpc) is 1.60. The van der Waals surface area contributed by atoms with E-state index in [1.807, 2.05) is 32.2 Å². The molecule has 604 valence electrons. The van der Waals surface area contributed by atoms with E-state index >= 15 is 0 Å². The molecule has 2 fully saturated rings. The number of nitrogen functional groups attached to an aromatic ring is 1. The lowest BCUT2D eigenvalue weighted by Crippen LogP contribution is -2.57. The number of rotatable bonds is 35. The number of cyclic esters (lactones) is 1. The Morgan fingerprint density at radius 2 is 1.49 bits per heavy atom. The van der Waals surface area contributed by atoms with Gasteiger partial charge in [0.2, 0.25) is 29.6 Å². The van der Waals surface area contributed by atoms with Gasteiger partial charge in [-0.2, -0.15) is 4.98 Å². The van der Waals surface area contributed by atoms with Gasteiger partial charge in [-0.1, -0.05) is 62.6 Å². The Morgan fingerprint density at radius 3 is 2.12 bits per heavy atom. The number of anilines is 2. The monoisotopic (exact) mass is 1600 g/mol. The zero-order valence-electron chi connectivity index (χ0n) is 62.1. The summed E-state index contributed by atoms with van der Waals surface area (Å²) < 4.78 is 16.5. The molecule has 5 heterocycles. The minimum absolute atomic E-state index is 0.0129. The first-order chi connectivity index (χ1) is 51.9. The molecule has 2 unspecified atom stereocenters. The highest BCUT2D eigenvalue weighted by molar-refractivity contribution is 8.76. The number of ketones is 1. The van der Waals surface area contributed by atoms with E-state index in [1.165, 1.54) is 70.4 Å². The number of thiazole rings is 1. The van der Waals surface area contributed by atoms with E-state index in [2.05, 4.69) is 66.7 Å². The van der Waals surface area contributed by atoms with Crippen LogP contribution in [-0.2, 0) is 68.7 Å². The van der Waals surface area contributed by atoms with Crippen molar-refractivity contribution >= 4 is 139 Å². The van der Waals surface area contributed by atoms with Gasteiger partial charge in [0, 0.05) is 79.1 Å². The van der Waals surface area contributed by atoms with Crippen molar-refractivity contribution in [2.24, 2.45) is 39.6 Å². The van der Waals surface area contributed by atoms with Gasteiger partial charge < -0.3 is 94.0 Å². The van der Waals surface area contributed by atoms with Crippen LogP contribution in [0, 0.1) is 30.1 Å². The normalized spacial score (nSPS) is 20.6. The standard InChI is InChI=1S/C35H54N2O10S3.C34H44N14O12/c1-20-9-8-10-26-27(37(26)11-12-45-34(44)46-13-14-49-50-18-22(3)33(42)43)16-28(21(2)15-25-19-48-24(5)36-25)47-30(39)17-29(38)35(6,7)32(41)23(4)31(20)40;1-38-28(55)20(11-23(50)51)46-29(56)18(3-2-10-39-33(35)36)44-30(57)21(12-24(52)53)43-22(49)9-8-19(32(59)60)45-27(54)15-4-6-16(7-5-15)40-13-17-14-41-26-25(42-17)31(58)48-34(37)47-26/h15,19-20,22-23,26-29,31,38,40H,8-14,16-18H2,1-7H3,(H,42,43);4-7,14,18-21,40H,2-3,8-13H2,1H3,(H,38,55)(H,43,49)(H,44,57)(H,45,54)(H,46,56)(H,50,51)(H,52,53)(H,59,60)(H4,35,36,39)(H3,37,41,47,48,58)/b21-15+;/t20-,22?,23+,26+,27-,28-,29-,31-,37?;18-,19-,20-,21-/m00/s1. The summed E-state index contributed by atoms with van der Waals surface area (Å²) in [5.74, 6) is -11.8. The van der Waals surface area contributed by atoms with Crippen LogP contribution in [0.4, 0.5) is 16.4 Å². The molecule has 0 saturated carbocycles. The first kappa shape index (κ1) is 90.5. The van der Waals surface area contributed by atoms with Gasteiger partial charge in [0.25, 0.3) is 11.5 Å². The molecule has 38 nitrogen and oxygen atoms in total. The van der Waals surface area contributed by atoms with Crippen molar-refractivity contribution < 1.29 is 102 Å². The molecule has 2 aliphatic rings. The Bertz CT molecular complexity index is 4010. The van der Waals surface area contributed by atoms with E-state index in [4.69, 9.17) is 36.5 Å². The molecule has 2 aliphatic heterocycles. The molecular weight excluding hydrogens is 1500 g/mol. The molecule has 0 radical (unpaired) electrons. The number of aliphatic carboxylic acids is 4. The average molecular weight is 1600 g/mol. The summed E-state index contributed by atoms with van der Waals surface area (Å²) in [6.07, 6.45) is -0.877. The van der Waals surface area contributed by atoms with Gasteiger partial charge in [0.15, 0.2) is 17.1 Å². The zero-order chi connectivity index (χ0) is 81.7. The Balaban J connectivity index is 0.000000400. The molecule has 3 aromatic heterocycles. The molecule has 13 atom stereocenters. The predicted molar refractivity (Wildman–Crippen MR) is 404 cm³/mol. The van der Waals surface area contributed by atoms with Crippen LogP contribution in [-0.4, -0.2) is 237 Å². The molecule has 0 aliphatic carbocycles. The number of aliphatic imine (C=N–C) groups is 1.